The number of aliphatic hydroxyl groups is 1. The Morgan fingerprint density at radius 2 is 1.76 bits per heavy atom. The Kier molecular flexibility index (Phi) is 4.05. The first-order valence-electron chi connectivity index (χ1n) is 7.03. The van der Waals surface area contributed by atoms with Crippen molar-refractivity contribution in [3.8, 4) is 34.5 Å². The molecule has 1 aliphatic rings. The molecule has 0 aromatic heterocycles. The minimum Gasteiger partial charge on any atom is -0.507 e. The van der Waals surface area contributed by atoms with Crippen LogP contribution in [0.1, 0.15) is 22.0 Å². The maximum absolute atomic E-state index is 12.4. The number of phenols is 4. The van der Waals surface area contributed by atoms with Gasteiger partial charge in [0.1, 0.15) is 22.8 Å². The zero-order valence-corrected chi connectivity index (χ0v) is 13.7. The van der Waals surface area contributed by atoms with Crippen molar-refractivity contribution in [3.05, 3.63) is 29.3 Å². The molecule has 1 heterocycles. The molecule has 0 saturated heterocycles. The van der Waals surface area contributed by atoms with Gasteiger partial charge in [0, 0.05) is 17.7 Å². The molecule has 132 valence electrons. The molecule has 0 fully saturated rings. The molecule has 25 heavy (non-hydrogen) atoms. The molecular formula is C16H14O8S. The second-order valence-electron chi connectivity index (χ2n) is 5.40. The second-order valence-corrected chi connectivity index (χ2v) is 5.85. The zero-order valence-electron chi connectivity index (χ0n) is 12.8. The molecule has 2 aromatic rings. The van der Waals surface area contributed by atoms with Gasteiger partial charge in [-0.1, -0.05) is 0 Å². The zero-order chi connectivity index (χ0) is 18.5. The molecule has 0 saturated carbocycles. The van der Waals surface area contributed by atoms with Crippen LogP contribution < -0.4 is 9.47 Å². The number of Topliss-reactive ketones (excluding diaryl/α,β-unsaturated/α-hetero) is 1. The van der Waals surface area contributed by atoms with Gasteiger partial charge in [-0.25, -0.2) is 0 Å². The van der Waals surface area contributed by atoms with Crippen LogP contribution in [0.3, 0.4) is 0 Å². The summed E-state index contributed by atoms with van der Waals surface area (Å²) in [6, 6.07) is 3.57. The molecule has 0 unspecified atom stereocenters. The number of rotatable bonds is 2. The summed E-state index contributed by atoms with van der Waals surface area (Å²) in [6.45, 7) is 0. The summed E-state index contributed by atoms with van der Waals surface area (Å²) in [5.74, 6) is -3.23. The SMILES string of the molecule is COc1cc(O)c2c(c1)O[C@@H](c1cc(O)c(O)c(O)c1S)[C@H](O)C2=O. The van der Waals surface area contributed by atoms with Crippen LogP contribution in [0.2, 0.25) is 0 Å². The summed E-state index contributed by atoms with van der Waals surface area (Å²) in [6.07, 6.45) is -3.07. The monoisotopic (exact) mass is 366 g/mol. The van der Waals surface area contributed by atoms with Gasteiger partial charge in [-0.15, -0.1) is 12.6 Å². The van der Waals surface area contributed by atoms with E-state index in [0.29, 0.717) is 0 Å². The number of carbonyl (C=O) groups excluding carboxylic acids is 1. The Labute approximate surface area is 146 Å². The number of aromatic hydroxyl groups is 4. The predicted molar refractivity (Wildman–Crippen MR) is 87.1 cm³/mol. The van der Waals surface area contributed by atoms with Crippen molar-refractivity contribution in [3.63, 3.8) is 0 Å². The van der Waals surface area contributed by atoms with Gasteiger partial charge >= 0.3 is 0 Å². The molecule has 0 radical (unpaired) electrons. The van der Waals surface area contributed by atoms with Crippen LogP contribution in [0.5, 0.6) is 34.5 Å². The van der Waals surface area contributed by atoms with E-state index in [9.17, 15) is 30.3 Å². The number of carbonyl (C=O) groups is 1. The highest BCUT2D eigenvalue weighted by Crippen LogP contribution is 2.48. The lowest BCUT2D eigenvalue weighted by molar-refractivity contribution is 0.0199. The number of methoxy groups -OCH3 is 1. The molecule has 2 atom stereocenters. The van der Waals surface area contributed by atoms with Crippen molar-refractivity contribution < 1.29 is 39.8 Å². The molecule has 0 amide bonds. The third kappa shape index (κ3) is 2.57. The van der Waals surface area contributed by atoms with E-state index in [-0.39, 0.29) is 27.5 Å². The van der Waals surface area contributed by atoms with Crippen LogP contribution in [0, 0.1) is 0 Å². The lowest BCUT2D eigenvalue weighted by Gasteiger charge is -2.31. The quantitative estimate of drug-likeness (QED) is 0.347. The molecule has 1 aliphatic heterocycles. The molecule has 9 heteroatoms. The molecule has 0 aliphatic carbocycles. The number of hydrogen-bond donors (Lipinski definition) is 6. The summed E-state index contributed by atoms with van der Waals surface area (Å²) < 4.78 is 10.6. The van der Waals surface area contributed by atoms with Gasteiger partial charge in [0.2, 0.25) is 11.5 Å². The van der Waals surface area contributed by atoms with E-state index >= 15 is 0 Å². The van der Waals surface area contributed by atoms with Crippen molar-refractivity contribution in [1.29, 1.82) is 0 Å². The van der Waals surface area contributed by atoms with E-state index in [1.807, 2.05) is 0 Å². The number of phenolic OH excluding ortho intramolecular Hbond substituents is 4. The summed E-state index contributed by atoms with van der Waals surface area (Å²) >= 11 is 4.04. The Morgan fingerprint density at radius 1 is 1.08 bits per heavy atom. The van der Waals surface area contributed by atoms with Gasteiger partial charge in [0.15, 0.2) is 23.7 Å². The topological polar surface area (TPSA) is 137 Å². The average Bonchev–Trinajstić information content (AvgIpc) is 2.59. The molecular weight excluding hydrogens is 352 g/mol. The molecule has 0 bridgehead atoms. The highest BCUT2D eigenvalue weighted by atomic mass is 32.1. The van der Waals surface area contributed by atoms with Gasteiger partial charge in [0.25, 0.3) is 0 Å². The van der Waals surface area contributed by atoms with E-state index in [1.54, 1.807) is 0 Å². The van der Waals surface area contributed by atoms with Gasteiger partial charge < -0.3 is 35.0 Å². The standard InChI is InChI=1S/C16H14O8S/c1-23-5-2-7(17)10-9(3-5)24-15(13(21)12(10)20)6-4-8(18)11(19)14(22)16(6)25/h2-4,13,15,17-19,21-22,25H,1H3/t13-,15+/m1/s1. The predicted octanol–water partition coefficient (Wildman–Crippen LogP) is 1.48. The Bertz CT molecular complexity index is 879. The first-order chi connectivity index (χ1) is 11.8. The Balaban J connectivity index is 2.15. The minimum atomic E-state index is -1.74. The normalized spacial score (nSPS) is 19.2. The molecule has 3 rings (SSSR count). The largest absolute Gasteiger partial charge is 0.507 e. The number of aliphatic hydroxyl groups excluding tert-OH is 1. The third-order valence-corrected chi connectivity index (χ3v) is 4.38. The number of hydrogen-bond acceptors (Lipinski definition) is 9. The maximum atomic E-state index is 12.4. The first kappa shape index (κ1) is 17.1. The lowest BCUT2D eigenvalue weighted by Crippen LogP contribution is -2.36. The summed E-state index contributed by atoms with van der Waals surface area (Å²) in [5.41, 5.74) is -0.234. The first-order valence-corrected chi connectivity index (χ1v) is 7.47. The maximum Gasteiger partial charge on any atom is 0.202 e. The summed E-state index contributed by atoms with van der Waals surface area (Å²) in [5, 5.41) is 49.3. The van der Waals surface area contributed by atoms with Gasteiger partial charge in [0.05, 0.1) is 12.0 Å². The average molecular weight is 366 g/mol. The van der Waals surface area contributed by atoms with Gasteiger partial charge in [-0.05, 0) is 6.07 Å². The third-order valence-electron chi connectivity index (χ3n) is 3.91. The van der Waals surface area contributed by atoms with Crippen LogP contribution >= 0.6 is 12.6 Å². The fourth-order valence-corrected chi connectivity index (χ4v) is 2.92. The van der Waals surface area contributed by atoms with Crippen LogP contribution in [0.4, 0.5) is 0 Å². The Hall–Kier alpha value is -2.78. The fraction of sp³-hybridized carbons (Fsp3) is 0.188. The minimum absolute atomic E-state index is 0.0232. The molecule has 5 N–H and O–H groups in total. The van der Waals surface area contributed by atoms with Crippen molar-refractivity contribution in [2.45, 2.75) is 17.1 Å². The molecule has 2 aromatic carbocycles. The highest BCUT2D eigenvalue weighted by Gasteiger charge is 2.40. The summed E-state index contributed by atoms with van der Waals surface area (Å²) in [7, 11) is 1.36. The fourth-order valence-electron chi connectivity index (χ4n) is 2.63. The van der Waals surface area contributed by atoms with Crippen molar-refractivity contribution in [1.82, 2.24) is 0 Å². The number of benzene rings is 2. The van der Waals surface area contributed by atoms with E-state index in [4.69, 9.17) is 9.47 Å². The number of ether oxygens (including phenoxy) is 2. The number of fused-ring (bicyclic) bond motifs is 1. The Morgan fingerprint density at radius 3 is 2.40 bits per heavy atom. The molecule has 0 spiro atoms. The van der Waals surface area contributed by atoms with E-state index in [0.717, 1.165) is 6.07 Å². The smallest absolute Gasteiger partial charge is 0.202 e. The highest BCUT2D eigenvalue weighted by molar-refractivity contribution is 7.80. The van der Waals surface area contributed by atoms with E-state index < -0.39 is 41.0 Å². The van der Waals surface area contributed by atoms with E-state index in [1.165, 1.54) is 19.2 Å². The van der Waals surface area contributed by atoms with Crippen LogP contribution in [-0.4, -0.2) is 44.5 Å². The second kappa shape index (κ2) is 5.94. The van der Waals surface area contributed by atoms with Crippen LogP contribution in [0.25, 0.3) is 0 Å². The number of thiol groups is 1. The van der Waals surface area contributed by atoms with Crippen molar-refractivity contribution in [2.24, 2.45) is 0 Å². The van der Waals surface area contributed by atoms with Gasteiger partial charge in [-0.3, -0.25) is 4.79 Å². The lowest BCUT2D eigenvalue weighted by atomic mass is 9.92. The van der Waals surface area contributed by atoms with Crippen LogP contribution in [0.15, 0.2) is 23.1 Å². The van der Waals surface area contributed by atoms with Crippen LogP contribution in [-0.2, 0) is 0 Å². The number of ketones is 1. The van der Waals surface area contributed by atoms with Gasteiger partial charge in [-0.2, -0.15) is 0 Å². The summed E-state index contributed by atoms with van der Waals surface area (Å²) in [4.78, 5) is 12.3. The van der Waals surface area contributed by atoms with Crippen molar-refractivity contribution >= 4 is 18.4 Å². The van der Waals surface area contributed by atoms with Crippen molar-refractivity contribution in [2.75, 3.05) is 7.11 Å². The van der Waals surface area contributed by atoms with E-state index in [2.05, 4.69) is 12.6 Å². The molecule has 8 nitrogen and oxygen atoms in total.